The Hall–Kier alpha value is -3.34. The fourth-order valence-corrected chi connectivity index (χ4v) is 3.56. The quantitative estimate of drug-likeness (QED) is 0.510. The van der Waals surface area contributed by atoms with Gasteiger partial charge in [-0.3, -0.25) is 4.98 Å². The molecule has 5 heteroatoms. The Morgan fingerprint density at radius 1 is 0.963 bits per heavy atom. The minimum absolute atomic E-state index is 0.254. The Kier molecular flexibility index (Phi) is 4.28. The van der Waals surface area contributed by atoms with Gasteiger partial charge in [0.25, 0.3) is 0 Å². The monoisotopic (exact) mass is 358 g/mol. The number of hydrogen-bond donors (Lipinski definition) is 2. The van der Waals surface area contributed by atoms with Gasteiger partial charge in [0.15, 0.2) is 0 Å². The summed E-state index contributed by atoms with van der Waals surface area (Å²) in [6.07, 6.45) is 1.83. The Morgan fingerprint density at radius 2 is 1.67 bits per heavy atom. The van der Waals surface area contributed by atoms with E-state index in [1.165, 1.54) is 0 Å². The van der Waals surface area contributed by atoms with Gasteiger partial charge in [0.05, 0.1) is 11.2 Å². The number of nitrogens with zero attached hydrogens (tertiary/aromatic N) is 2. The summed E-state index contributed by atoms with van der Waals surface area (Å²) in [5.74, 6) is 0. The highest BCUT2D eigenvalue weighted by atomic mass is 16.2. The van der Waals surface area contributed by atoms with Crippen LogP contribution in [-0.4, -0.2) is 15.6 Å². The summed E-state index contributed by atoms with van der Waals surface area (Å²) >= 11 is 0. The number of urea groups is 1. The second-order valence-corrected chi connectivity index (χ2v) is 6.71. The van der Waals surface area contributed by atoms with Crippen molar-refractivity contribution < 1.29 is 4.79 Å². The highest BCUT2D eigenvalue weighted by molar-refractivity contribution is 6.10. The number of carbonyl (C=O) groups excluding carboxylic acids is 1. The Balaban J connectivity index is 1.67. The molecule has 0 saturated carbocycles. The highest BCUT2D eigenvalue weighted by Crippen LogP contribution is 2.32. The minimum atomic E-state index is -0.254. The molecule has 0 aliphatic rings. The van der Waals surface area contributed by atoms with E-state index >= 15 is 0 Å². The predicted octanol–water partition coefficient (Wildman–Crippen LogP) is 5.47. The van der Waals surface area contributed by atoms with Gasteiger partial charge in [-0.2, -0.15) is 0 Å². The van der Waals surface area contributed by atoms with Crippen molar-refractivity contribution >= 4 is 39.2 Å². The van der Waals surface area contributed by atoms with Gasteiger partial charge in [0.2, 0.25) is 0 Å². The van der Waals surface area contributed by atoms with Crippen LogP contribution in [0, 0.1) is 13.8 Å². The number of pyridine rings is 1. The fourth-order valence-electron chi connectivity index (χ4n) is 3.56. The second-order valence-electron chi connectivity index (χ2n) is 6.71. The summed E-state index contributed by atoms with van der Waals surface area (Å²) < 4.78 is 2.27. The number of fused-ring (bicyclic) bond motifs is 3. The number of rotatable bonds is 3. The number of nitrogens with one attached hydrogen (secondary N) is 2. The van der Waals surface area contributed by atoms with E-state index in [1.54, 1.807) is 0 Å². The zero-order valence-electron chi connectivity index (χ0n) is 15.7. The van der Waals surface area contributed by atoms with Crippen LogP contribution in [-0.2, 0) is 6.54 Å². The standard InChI is InChI=1S/C22H22N4O/c1-4-26-20-10-9-17(13-19(20)18-11-12-23-15(3)21(18)26)25-22(27)24-16-7-5-14(2)6-8-16/h5-13H,4H2,1-3H3,(H2,24,25,27). The second kappa shape index (κ2) is 6.76. The van der Waals surface area contributed by atoms with Gasteiger partial charge >= 0.3 is 6.03 Å². The maximum atomic E-state index is 12.3. The lowest BCUT2D eigenvalue weighted by atomic mass is 10.1. The molecule has 5 nitrogen and oxygen atoms in total. The first-order valence-corrected chi connectivity index (χ1v) is 9.09. The maximum Gasteiger partial charge on any atom is 0.323 e. The first kappa shape index (κ1) is 17.1. The first-order valence-electron chi connectivity index (χ1n) is 9.09. The van der Waals surface area contributed by atoms with E-state index in [0.717, 1.165) is 51.0 Å². The molecule has 2 N–H and O–H groups in total. The van der Waals surface area contributed by atoms with Crippen LogP contribution >= 0.6 is 0 Å². The number of carbonyl (C=O) groups is 1. The van der Waals surface area contributed by atoms with E-state index in [4.69, 9.17) is 0 Å². The van der Waals surface area contributed by atoms with Crippen molar-refractivity contribution in [1.82, 2.24) is 9.55 Å². The predicted molar refractivity (Wildman–Crippen MR) is 111 cm³/mol. The third kappa shape index (κ3) is 3.12. The molecule has 2 aromatic heterocycles. The van der Waals surface area contributed by atoms with Crippen LogP contribution < -0.4 is 10.6 Å². The molecule has 0 aliphatic carbocycles. The molecule has 0 spiro atoms. The van der Waals surface area contributed by atoms with Gasteiger partial charge in [0.1, 0.15) is 0 Å². The van der Waals surface area contributed by atoms with E-state index in [1.807, 2.05) is 62.5 Å². The number of aryl methyl sites for hydroxylation is 3. The molecule has 0 unspecified atom stereocenters. The van der Waals surface area contributed by atoms with Crippen LogP contribution in [0.4, 0.5) is 16.2 Å². The number of amides is 2. The van der Waals surface area contributed by atoms with E-state index < -0.39 is 0 Å². The molecule has 0 fully saturated rings. The molecular weight excluding hydrogens is 336 g/mol. The van der Waals surface area contributed by atoms with Crippen molar-refractivity contribution in [3.05, 3.63) is 66.0 Å². The molecular formula is C22H22N4O. The zero-order chi connectivity index (χ0) is 19.0. The van der Waals surface area contributed by atoms with Gasteiger partial charge in [-0.1, -0.05) is 17.7 Å². The smallest absolute Gasteiger partial charge is 0.323 e. The van der Waals surface area contributed by atoms with Gasteiger partial charge in [-0.05, 0) is 57.2 Å². The number of benzene rings is 2. The van der Waals surface area contributed by atoms with Crippen LogP contribution in [0.3, 0.4) is 0 Å². The van der Waals surface area contributed by atoms with Crippen molar-refractivity contribution in [2.24, 2.45) is 0 Å². The summed E-state index contributed by atoms with van der Waals surface area (Å²) in [7, 11) is 0. The van der Waals surface area contributed by atoms with Crippen LogP contribution in [0.1, 0.15) is 18.2 Å². The molecule has 0 bridgehead atoms. The Bertz CT molecular complexity index is 1140. The van der Waals surface area contributed by atoms with Gasteiger partial charge in [-0.15, -0.1) is 0 Å². The molecule has 4 aromatic rings. The molecule has 2 aromatic carbocycles. The van der Waals surface area contributed by atoms with Gasteiger partial charge in [-0.25, -0.2) is 4.79 Å². The molecule has 4 rings (SSSR count). The van der Waals surface area contributed by atoms with Crippen LogP contribution in [0.2, 0.25) is 0 Å². The number of anilines is 2. The molecule has 2 amide bonds. The van der Waals surface area contributed by atoms with Crippen molar-refractivity contribution in [3.8, 4) is 0 Å². The maximum absolute atomic E-state index is 12.3. The highest BCUT2D eigenvalue weighted by Gasteiger charge is 2.13. The normalized spacial score (nSPS) is 11.1. The summed E-state index contributed by atoms with van der Waals surface area (Å²) in [4.78, 5) is 16.8. The van der Waals surface area contributed by atoms with Crippen molar-refractivity contribution in [2.45, 2.75) is 27.3 Å². The number of aromatic nitrogens is 2. The van der Waals surface area contributed by atoms with E-state index in [2.05, 4.69) is 33.2 Å². The van der Waals surface area contributed by atoms with E-state index in [9.17, 15) is 4.79 Å². The number of hydrogen-bond acceptors (Lipinski definition) is 2. The van der Waals surface area contributed by atoms with Crippen LogP contribution in [0.5, 0.6) is 0 Å². The average molecular weight is 358 g/mol. The summed E-state index contributed by atoms with van der Waals surface area (Å²) in [5.41, 5.74) is 5.99. The molecule has 0 radical (unpaired) electrons. The minimum Gasteiger partial charge on any atom is -0.339 e. The molecule has 136 valence electrons. The lowest BCUT2D eigenvalue weighted by Crippen LogP contribution is -2.19. The van der Waals surface area contributed by atoms with E-state index in [0.29, 0.717) is 0 Å². The van der Waals surface area contributed by atoms with Gasteiger partial charge in [0, 0.05) is 40.4 Å². The van der Waals surface area contributed by atoms with Crippen molar-refractivity contribution in [2.75, 3.05) is 10.6 Å². The SMILES string of the molecule is CCn1c2ccc(NC(=O)Nc3ccc(C)cc3)cc2c2ccnc(C)c21. The lowest BCUT2D eigenvalue weighted by molar-refractivity contribution is 0.262. The molecule has 2 heterocycles. The molecule has 27 heavy (non-hydrogen) atoms. The summed E-state index contributed by atoms with van der Waals surface area (Å²) in [5, 5.41) is 8.06. The Morgan fingerprint density at radius 3 is 2.41 bits per heavy atom. The molecule has 0 saturated heterocycles. The average Bonchev–Trinajstić information content (AvgIpc) is 2.98. The first-order chi connectivity index (χ1) is 13.1. The third-order valence-electron chi connectivity index (χ3n) is 4.84. The van der Waals surface area contributed by atoms with E-state index in [-0.39, 0.29) is 6.03 Å². The molecule has 0 aliphatic heterocycles. The van der Waals surface area contributed by atoms with Crippen LogP contribution in [0.15, 0.2) is 54.7 Å². The topological polar surface area (TPSA) is 59.0 Å². The van der Waals surface area contributed by atoms with Gasteiger partial charge < -0.3 is 15.2 Å². The fraction of sp³-hybridized carbons (Fsp3) is 0.182. The third-order valence-corrected chi connectivity index (χ3v) is 4.84. The zero-order valence-corrected chi connectivity index (χ0v) is 15.7. The lowest BCUT2D eigenvalue weighted by Gasteiger charge is -2.09. The largest absolute Gasteiger partial charge is 0.339 e. The summed E-state index contributed by atoms with van der Waals surface area (Å²) in [6, 6.07) is 15.5. The molecule has 0 atom stereocenters. The van der Waals surface area contributed by atoms with Crippen molar-refractivity contribution in [3.63, 3.8) is 0 Å². The van der Waals surface area contributed by atoms with Crippen LogP contribution in [0.25, 0.3) is 21.8 Å². The summed E-state index contributed by atoms with van der Waals surface area (Å²) in [6.45, 7) is 7.05. The van der Waals surface area contributed by atoms with Crippen molar-refractivity contribution in [1.29, 1.82) is 0 Å². The Labute approximate surface area is 158 Å².